The first kappa shape index (κ1) is 13.8. The third-order valence-corrected chi connectivity index (χ3v) is 3.87. The van der Waals surface area contributed by atoms with Gasteiger partial charge in [0.15, 0.2) is 0 Å². The lowest BCUT2D eigenvalue weighted by Crippen LogP contribution is -2.36. The topological polar surface area (TPSA) is 26.0 Å². The fourth-order valence-corrected chi connectivity index (χ4v) is 2.69. The highest BCUT2D eigenvalue weighted by atomic mass is 14.7. The number of nitrogens with two attached hydrogens (primary N) is 1. The Labute approximate surface area is 116 Å². The van der Waals surface area contributed by atoms with Crippen LogP contribution in [-0.4, -0.2) is 0 Å². The van der Waals surface area contributed by atoms with E-state index in [0.29, 0.717) is 0 Å². The molecule has 1 heteroatoms. The molecule has 1 nitrogen and oxygen atoms in total. The highest BCUT2D eigenvalue weighted by Gasteiger charge is 2.24. The molecule has 0 saturated heterocycles. The molecular formula is C18H23N. The van der Waals surface area contributed by atoms with E-state index >= 15 is 0 Å². The van der Waals surface area contributed by atoms with Gasteiger partial charge in [0.25, 0.3) is 0 Å². The van der Waals surface area contributed by atoms with Crippen molar-refractivity contribution in [1.82, 2.24) is 0 Å². The molecule has 0 aromatic heterocycles. The van der Waals surface area contributed by atoms with Crippen molar-refractivity contribution < 1.29 is 0 Å². The van der Waals surface area contributed by atoms with E-state index in [1.807, 2.05) is 6.07 Å². The maximum atomic E-state index is 6.59. The van der Waals surface area contributed by atoms with Crippen LogP contribution >= 0.6 is 0 Å². The van der Waals surface area contributed by atoms with Crippen molar-refractivity contribution in [3.63, 3.8) is 0 Å². The average molecular weight is 253 g/mol. The van der Waals surface area contributed by atoms with Gasteiger partial charge in [-0.15, -0.1) is 0 Å². The molecule has 0 aliphatic carbocycles. The van der Waals surface area contributed by atoms with E-state index in [1.165, 1.54) is 27.8 Å². The summed E-state index contributed by atoms with van der Waals surface area (Å²) >= 11 is 0. The van der Waals surface area contributed by atoms with E-state index < -0.39 is 0 Å². The van der Waals surface area contributed by atoms with E-state index in [4.69, 9.17) is 5.73 Å². The number of aryl methyl sites for hydroxylation is 3. The van der Waals surface area contributed by atoms with Crippen molar-refractivity contribution in [1.29, 1.82) is 0 Å². The zero-order valence-electron chi connectivity index (χ0n) is 12.3. The number of hydrogen-bond donors (Lipinski definition) is 1. The van der Waals surface area contributed by atoms with Crippen LogP contribution in [-0.2, 0) is 12.0 Å². The monoisotopic (exact) mass is 253 g/mol. The van der Waals surface area contributed by atoms with Gasteiger partial charge in [0, 0.05) is 5.54 Å². The smallest absolute Gasteiger partial charge is 0.0424 e. The first-order valence-electron chi connectivity index (χ1n) is 6.81. The molecule has 2 N–H and O–H groups in total. The minimum absolute atomic E-state index is 0.329. The van der Waals surface area contributed by atoms with Gasteiger partial charge in [0.2, 0.25) is 0 Å². The molecule has 0 amide bonds. The molecule has 1 atom stereocenters. The highest BCUT2D eigenvalue weighted by Crippen LogP contribution is 2.28. The Morgan fingerprint density at radius 2 is 1.47 bits per heavy atom. The summed E-state index contributed by atoms with van der Waals surface area (Å²) in [4.78, 5) is 0. The molecule has 1 unspecified atom stereocenters. The van der Waals surface area contributed by atoms with Gasteiger partial charge in [0.05, 0.1) is 0 Å². The van der Waals surface area contributed by atoms with Gasteiger partial charge in [-0.1, -0.05) is 42.5 Å². The molecule has 0 aliphatic heterocycles. The Morgan fingerprint density at radius 1 is 0.895 bits per heavy atom. The highest BCUT2D eigenvalue weighted by molar-refractivity contribution is 5.41. The molecule has 2 aromatic carbocycles. The predicted molar refractivity (Wildman–Crippen MR) is 82.3 cm³/mol. The molecule has 0 bridgehead atoms. The van der Waals surface area contributed by atoms with Crippen LogP contribution in [0.5, 0.6) is 0 Å². The van der Waals surface area contributed by atoms with Crippen LogP contribution in [0.2, 0.25) is 0 Å². The van der Waals surface area contributed by atoms with Gasteiger partial charge in [-0.2, -0.15) is 0 Å². The van der Waals surface area contributed by atoms with E-state index in [2.05, 4.69) is 64.1 Å². The fourth-order valence-electron chi connectivity index (χ4n) is 2.69. The molecule has 0 saturated carbocycles. The first-order chi connectivity index (χ1) is 8.90. The lowest BCUT2D eigenvalue weighted by atomic mass is 9.82. The van der Waals surface area contributed by atoms with Crippen molar-refractivity contribution in [2.24, 2.45) is 5.73 Å². The summed E-state index contributed by atoms with van der Waals surface area (Å²) in [6, 6.07) is 14.9. The summed E-state index contributed by atoms with van der Waals surface area (Å²) in [5.74, 6) is 0. The van der Waals surface area contributed by atoms with Crippen LogP contribution in [0.3, 0.4) is 0 Å². The van der Waals surface area contributed by atoms with Crippen LogP contribution in [0.25, 0.3) is 0 Å². The van der Waals surface area contributed by atoms with Crippen molar-refractivity contribution in [2.75, 3.05) is 0 Å². The summed E-state index contributed by atoms with van der Waals surface area (Å²) < 4.78 is 0. The molecule has 19 heavy (non-hydrogen) atoms. The normalized spacial score (nSPS) is 14.2. The molecule has 2 rings (SSSR count). The zero-order valence-corrected chi connectivity index (χ0v) is 12.3. The fraction of sp³-hybridized carbons (Fsp3) is 0.333. The molecule has 100 valence electrons. The molecular weight excluding hydrogens is 230 g/mol. The molecule has 2 aromatic rings. The van der Waals surface area contributed by atoms with Gasteiger partial charge >= 0.3 is 0 Å². The second-order valence-corrected chi connectivity index (χ2v) is 5.83. The lowest BCUT2D eigenvalue weighted by molar-refractivity contribution is 0.488. The van der Waals surface area contributed by atoms with Crippen LogP contribution in [0.15, 0.2) is 42.5 Å². The summed E-state index contributed by atoms with van der Waals surface area (Å²) in [6.45, 7) is 8.57. The Hall–Kier alpha value is -1.60. The predicted octanol–water partition coefficient (Wildman–Crippen LogP) is 4.03. The van der Waals surface area contributed by atoms with Gasteiger partial charge in [0.1, 0.15) is 0 Å². The Bertz CT molecular complexity index is 568. The minimum atomic E-state index is -0.329. The summed E-state index contributed by atoms with van der Waals surface area (Å²) in [5, 5.41) is 0. The van der Waals surface area contributed by atoms with Crippen LogP contribution in [0.4, 0.5) is 0 Å². The second kappa shape index (κ2) is 5.18. The zero-order chi connectivity index (χ0) is 14.0. The Balaban J connectivity index is 2.37. The number of hydrogen-bond acceptors (Lipinski definition) is 1. The standard InChI is InChI=1S/C18H23N/c1-13-10-15(3)17(11-14(13)2)18(4,19)12-16-8-6-5-7-9-16/h5-11H,12,19H2,1-4H3. The average Bonchev–Trinajstić information content (AvgIpc) is 2.34. The van der Waals surface area contributed by atoms with E-state index in [0.717, 1.165) is 6.42 Å². The Morgan fingerprint density at radius 3 is 2.11 bits per heavy atom. The number of rotatable bonds is 3. The maximum Gasteiger partial charge on any atom is 0.0424 e. The van der Waals surface area contributed by atoms with Gasteiger partial charge in [-0.05, 0) is 61.9 Å². The largest absolute Gasteiger partial charge is 0.321 e. The first-order valence-corrected chi connectivity index (χ1v) is 6.81. The molecule has 0 spiro atoms. The maximum absolute atomic E-state index is 6.59. The van der Waals surface area contributed by atoms with Gasteiger partial charge in [-0.3, -0.25) is 0 Å². The summed E-state index contributed by atoms with van der Waals surface area (Å²) in [7, 11) is 0. The van der Waals surface area contributed by atoms with Gasteiger partial charge in [-0.25, -0.2) is 0 Å². The minimum Gasteiger partial charge on any atom is -0.321 e. The van der Waals surface area contributed by atoms with Crippen LogP contribution < -0.4 is 5.73 Å². The van der Waals surface area contributed by atoms with Crippen molar-refractivity contribution in [2.45, 2.75) is 39.7 Å². The lowest BCUT2D eigenvalue weighted by Gasteiger charge is -2.28. The summed E-state index contributed by atoms with van der Waals surface area (Å²) in [5.41, 5.74) is 12.7. The molecule has 0 radical (unpaired) electrons. The van der Waals surface area contributed by atoms with E-state index in [9.17, 15) is 0 Å². The van der Waals surface area contributed by atoms with Gasteiger partial charge < -0.3 is 5.73 Å². The second-order valence-electron chi connectivity index (χ2n) is 5.83. The van der Waals surface area contributed by atoms with Crippen molar-refractivity contribution in [3.05, 3.63) is 70.3 Å². The third kappa shape index (κ3) is 3.05. The molecule has 0 fully saturated rings. The van der Waals surface area contributed by atoms with Crippen LogP contribution in [0, 0.1) is 20.8 Å². The SMILES string of the molecule is Cc1cc(C)c(C(C)(N)Cc2ccccc2)cc1C. The van der Waals surface area contributed by atoms with E-state index in [1.54, 1.807) is 0 Å². The number of benzene rings is 2. The third-order valence-electron chi connectivity index (χ3n) is 3.87. The van der Waals surface area contributed by atoms with Crippen molar-refractivity contribution >= 4 is 0 Å². The van der Waals surface area contributed by atoms with Crippen molar-refractivity contribution in [3.8, 4) is 0 Å². The molecule has 0 aliphatic rings. The molecule has 0 heterocycles. The Kier molecular flexibility index (Phi) is 3.77. The van der Waals surface area contributed by atoms with E-state index in [-0.39, 0.29) is 5.54 Å². The quantitative estimate of drug-likeness (QED) is 0.878. The summed E-state index contributed by atoms with van der Waals surface area (Å²) in [6.07, 6.45) is 0.858. The van der Waals surface area contributed by atoms with Crippen LogP contribution in [0.1, 0.15) is 34.7 Å².